The van der Waals surface area contributed by atoms with E-state index in [9.17, 15) is 4.79 Å². The van der Waals surface area contributed by atoms with Crippen LogP contribution in [0.2, 0.25) is 0 Å². The molecule has 1 aromatic carbocycles. The number of nitrogens with one attached hydrogen (secondary N) is 1. The van der Waals surface area contributed by atoms with Gasteiger partial charge in [-0.2, -0.15) is 0 Å². The summed E-state index contributed by atoms with van der Waals surface area (Å²) in [6.45, 7) is 3.20. The van der Waals surface area contributed by atoms with E-state index >= 15 is 0 Å². The fourth-order valence-electron chi connectivity index (χ4n) is 3.83. The van der Waals surface area contributed by atoms with Crippen LogP contribution in [0.25, 0.3) is 22.6 Å². The summed E-state index contributed by atoms with van der Waals surface area (Å²) in [4.78, 5) is 21.9. The van der Waals surface area contributed by atoms with Crippen molar-refractivity contribution < 1.29 is 9.53 Å². The minimum absolute atomic E-state index is 0.134. The fraction of sp³-hybridized carbons (Fsp3) is 0.333. The first-order valence-electron chi connectivity index (χ1n) is 9.28. The van der Waals surface area contributed by atoms with Crippen molar-refractivity contribution in [3.63, 3.8) is 0 Å². The number of hydrogen-bond acceptors (Lipinski definition) is 3. The van der Waals surface area contributed by atoms with Gasteiger partial charge >= 0.3 is 0 Å². The predicted molar refractivity (Wildman–Crippen MR) is 105 cm³/mol. The summed E-state index contributed by atoms with van der Waals surface area (Å²) in [5.41, 5.74) is 3.99. The van der Waals surface area contributed by atoms with Crippen LogP contribution < -0.4 is 4.74 Å². The van der Waals surface area contributed by atoms with Crippen LogP contribution >= 0.6 is 0 Å². The highest BCUT2D eigenvalue weighted by atomic mass is 16.5. The summed E-state index contributed by atoms with van der Waals surface area (Å²) in [5.74, 6) is 0.939. The number of rotatable bonds is 4. The Labute approximate surface area is 158 Å². The van der Waals surface area contributed by atoms with Gasteiger partial charge in [0.05, 0.1) is 36.6 Å². The zero-order valence-electron chi connectivity index (χ0n) is 15.7. The Morgan fingerprint density at radius 1 is 1.30 bits per heavy atom. The molecule has 0 spiro atoms. The minimum Gasteiger partial charge on any atom is -0.497 e. The highest BCUT2D eigenvalue weighted by Crippen LogP contribution is 2.35. The molecule has 0 saturated carbocycles. The number of piperidine rings is 1. The van der Waals surface area contributed by atoms with E-state index in [0.29, 0.717) is 0 Å². The number of amides is 1. The lowest BCUT2D eigenvalue weighted by molar-refractivity contribution is -0.130. The molecule has 6 heteroatoms. The Kier molecular flexibility index (Phi) is 4.71. The summed E-state index contributed by atoms with van der Waals surface area (Å²) in [6.07, 6.45) is 5.86. The Morgan fingerprint density at radius 3 is 2.93 bits per heavy atom. The third kappa shape index (κ3) is 3.35. The maximum absolute atomic E-state index is 11.9. The minimum atomic E-state index is 0.134. The second kappa shape index (κ2) is 7.31. The molecule has 1 N–H and O–H groups in total. The molecule has 4 rings (SSSR count). The molecule has 3 heterocycles. The number of likely N-dealkylation sites (tertiary alicyclic amines) is 1. The van der Waals surface area contributed by atoms with Gasteiger partial charge in [0.25, 0.3) is 0 Å². The summed E-state index contributed by atoms with van der Waals surface area (Å²) in [7, 11) is 1.67. The number of benzene rings is 1. The third-order valence-corrected chi connectivity index (χ3v) is 5.23. The molecule has 0 radical (unpaired) electrons. The number of methoxy groups -OCH3 is 1. The Morgan fingerprint density at radius 2 is 2.19 bits per heavy atom. The lowest BCUT2D eigenvalue weighted by atomic mass is 10.0. The second-order valence-corrected chi connectivity index (χ2v) is 6.93. The average molecular weight is 364 g/mol. The molecule has 1 aliphatic heterocycles. The maximum atomic E-state index is 11.9. The lowest BCUT2D eigenvalue weighted by Gasteiger charge is -2.33. The smallest absolute Gasteiger partial charge is 0.219 e. The van der Waals surface area contributed by atoms with Gasteiger partial charge in [0.2, 0.25) is 5.91 Å². The second-order valence-electron chi connectivity index (χ2n) is 6.93. The molecule has 1 amide bonds. The SMILES string of the molecule is COc1cccc(-c2ncn(C3CCCN(C(C)=O)C3)c2-c2ccc[nH]2)c1. The van der Waals surface area contributed by atoms with Crippen LogP contribution in [-0.2, 0) is 4.79 Å². The Hall–Kier alpha value is -3.02. The molecule has 1 aliphatic rings. The maximum Gasteiger partial charge on any atom is 0.219 e. The van der Waals surface area contributed by atoms with E-state index in [1.54, 1.807) is 14.0 Å². The van der Waals surface area contributed by atoms with Crippen molar-refractivity contribution in [1.82, 2.24) is 19.4 Å². The molecule has 0 aliphatic carbocycles. The van der Waals surface area contributed by atoms with Gasteiger partial charge in [-0.25, -0.2) is 4.98 Å². The molecule has 1 unspecified atom stereocenters. The van der Waals surface area contributed by atoms with Crippen molar-refractivity contribution in [2.45, 2.75) is 25.8 Å². The monoisotopic (exact) mass is 364 g/mol. The van der Waals surface area contributed by atoms with Crippen molar-refractivity contribution in [3.05, 3.63) is 48.9 Å². The van der Waals surface area contributed by atoms with Gasteiger partial charge in [0, 0.05) is 31.8 Å². The third-order valence-electron chi connectivity index (χ3n) is 5.23. The van der Waals surface area contributed by atoms with Crippen molar-refractivity contribution in [2.75, 3.05) is 20.2 Å². The van der Waals surface area contributed by atoms with Gasteiger partial charge in [0.1, 0.15) is 5.75 Å². The highest BCUT2D eigenvalue weighted by molar-refractivity contribution is 5.78. The van der Waals surface area contributed by atoms with Crippen molar-refractivity contribution in [1.29, 1.82) is 0 Å². The quantitative estimate of drug-likeness (QED) is 0.767. The fourth-order valence-corrected chi connectivity index (χ4v) is 3.83. The summed E-state index contributed by atoms with van der Waals surface area (Å²) >= 11 is 0. The molecule has 2 aromatic heterocycles. The number of carbonyl (C=O) groups excluding carboxylic acids is 1. The number of aromatic nitrogens is 3. The molecule has 1 saturated heterocycles. The van der Waals surface area contributed by atoms with Crippen LogP contribution in [0.4, 0.5) is 0 Å². The van der Waals surface area contributed by atoms with Gasteiger partial charge in [-0.3, -0.25) is 4.79 Å². The number of carbonyl (C=O) groups is 1. The zero-order chi connectivity index (χ0) is 18.8. The molecular weight excluding hydrogens is 340 g/mol. The number of hydrogen-bond donors (Lipinski definition) is 1. The summed E-state index contributed by atoms with van der Waals surface area (Å²) in [5, 5.41) is 0. The Balaban J connectivity index is 1.79. The van der Waals surface area contributed by atoms with Crippen LogP contribution in [0.3, 0.4) is 0 Å². The normalized spacial score (nSPS) is 17.1. The Bertz CT molecular complexity index is 930. The van der Waals surface area contributed by atoms with E-state index < -0.39 is 0 Å². The van der Waals surface area contributed by atoms with E-state index in [4.69, 9.17) is 9.72 Å². The molecule has 27 heavy (non-hydrogen) atoms. The van der Waals surface area contributed by atoms with Gasteiger partial charge in [-0.05, 0) is 37.1 Å². The van der Waals surface area contributed by atoms with E-state index in [1.807, 2.05) is 47.8 Å². The van der Waals surface area contributed by atoms with Crippen LogP contribution in [0.1, 0.15) is 25.8 Å². The average Bonchev–Trinajstić information content (AvgIpc) is 3.37. The van der Waals surface area contributed by atoms with E-state index in [0.717, 1.165) is 54.3 Å². The number of H-pyrrole nitrogens is 1. The first-order chi connectivity index (χ1) is 13.2. The van der Waals surface area contributed by atoms with Crippen LogP contribution in [0, 0.1) is 0 Å². The molecule has 3 aromatic rings. The number of ether oxygens (including phenoxy) is 1. The molecule has 1 atom stereocenters. The van der Waals surface area contributed by atoms with Crippen molar-refractivity contribution in [2.24, 2.45) is 0 Å². The van der Waals surface area contributed by atoms with E-state index in [-0.39, 0.29) is 11.9 Å². The molecule has 1 fully saturated rings. The first-order valence-corrected chi connectivity index (χ1v) is 9.28. The number of imidazole rings is 1. The van der Waals surface area contributed by atoms with Crippen molar-refractivity contribution in [3.8, 4) is 28.4 Å². The molecular formula is C21H24N4O2. The largest absolute Gasteiger partial charge is 0.497 e. The molecule has 0 bridgehead atoms. The van der Waals surface area contributed by atoms with Crippen molar-refractivity contribution >= 4 is 5.91 Å². The van der Waals surface area contributed by atoms with Gasteiger partial charge < -0.3 is 19.2 Å². The lowest BCUT2D eigenvalue weighted by Crippen LogP contribution is -2.39. The van der Waals surface area contributed by atoms with Gasteiger partial charge in [0.15, 0.2) is 0 Å². The molecule has 6 nitrogen and oxygen atoms in total. The van der Waals surface area contributed by atoms with Crippen LogP contribution in [0.15, 0.2) is 48.9 Å². The summed E-state index contributed by atoms with van der Waals surface area (Å²) < 4.78 is 7.60. The molecule has 140 valence electrons. The topological polar surface area (TPSA) is 63.1 Å². The number of nitrogens with zero attached hydrogens (tertiary/aromatic N) is 3. The standard InChI is InChI=1S/C21H24N4O2/c1-15(26)24-11-5-7-17(13-24)25-14-23-20(21(25)19-9-4-10-22-19)16-6-3-8-18(12-16)27-2/h3-4,6,8-10,12,14,17,22H,5,7,11,13H2,1-2H3. The van der Waals surface area contributed by atoms with E-state index in [1.165, 1.54) is 0 Å². The zero-order valence-corrected chi connectivity index (χ0v) is 15.7. The van der Waals surface area contributed by atoms with Gasteiger partial charge in [-0.15, -0.1) is 0 Å². The van der Waals surface area contributed by atoms with Crippen LogP contribution in [-0.4, -0.2) is 45.5 Å². The number of aromatic amines is 1. The van der Waals surface area contributed by atoms with Gasteiger partial charge in [-0.1, -0.05) is 12.1 Å². The predicted octanol–water partition coefficient (Wildman–Crippen LogP) is 3.74. The highest BCUT2D eigenvalue weighted by Gasteiger charge is 2.27. The first kappa shape index (κ1) is 17.4. The van der Waals surface area contributed by atoms with E-state index in [2.05, 4.69) is 15.6 Å². The summed E-state index contributed by atoms with van der Waals surface area (Å²) in [6, 6.07) is 12.2. The van der Waals surface area contributed by atoms with Crippen LogP contribution in [0.5, 0.6) is 5.75 Å².